The second-order valence-electron chi connectivity index (χ2n) is 5.60. The van der Waals surface area contributed by atoms with Crippen LogP contribution in [0, 0.1) is 5.92 Å². The van der Waals surface area contributed by atoms with Crippen LogP contribution in [-0.4, -0.2) is 30.1 Å². The molecule has 3 heteroatoms. The molecule has 0 aliphatic carbocycles. The monoisotopic (exact) mass is 310 g/mol. The Morgan fingerprint density at radius 2 is 2.06 bits per heavy atom. The predicted octanol–water partition coefficient (Wildman–Crippen LogP) is 3.05. The van der Waals surface area contributed by atoms with Crippen molar-refractivity contribution in [1.82, 2.24) is 4.90 Å². The van der Waals surface area contributed by atoms with Crippen LogP contribution in [0.15, 0.2) is 28.7 Å². The first-order valence-corrected chi connectivity index (χ1v) is 7.59. The quantitative estimate of drug-likeness (QED) is 0.929. The molecule has 3 unspecified atom stereocenters. The number of halogens is 1. The third kappa shape index (κ3) is 3.56. The maximum atomic E-state index is 6.17. The zero-order chi connectivity index (χ0) is 13.1. The van der Waals surface area contributed by atoms with Crippen LogP contribution in [0.3, 0.4) is 0 Å². The number of hydrogen-bond donors (Lipinski definition) is 1. The van der Waals surface area contributed by atoms with Gasteiger partial charge in [-0.15, -0.1) is 0 Å². The fourth-order valence-electron chi connectivity index (χ4n) is 2.62. The molecule has 1 aromatic carbocycles. The third-order valence-corrected chi connectivity index (χ3v) is 4.64. The number of nitrogens with two attached hydrogens (primary N) is 1. The van der Waals surface area contributed by atoms with E-state index in [1.54, 1.807) is 0 Å². The minimum atomic E-state index is 0.339. The van der Waals surface area contributed by atoms with E-state index in [9.17, 15) is 0 Å². The normalized spacial score (nSPS) is 27.1. The maximum Gasteiger partial charge on any atom is 0.0194 e. The molecule has 2 nitrogen and oxygen atoms in total. The van der Waals surface area contributed by atoms with Gasteiger partial charge in [-0.3, -0.25) is 4.90 Å². The van der Waals surface area contributed by atoms with Crippen molar-refractivity contribution < 1.29 is 0 Å². The molecule has 2 N–H and O–H groups in total. The van der Waals surface area contributed by atoms with Crippen LogP contribution in [0.4, 0.5) is 0 Å². The van der Waals surface area contributed by atoms with E-state index < -0.39 is 0 Å². The number of rotatable bonds is 3. The molecule has 100 valence electrons. The van der Waals surface area contributed by atoms with Crippen LogP contribution >= 0.6 is 15.9 Å². The Morgan fingerprint density at radius 1 is 1.39 bits per heavy atom. The second kappa shape index (κ2) is 6.18. The van der Waals surface area contributed by atoms with Crippen molar-refractivity contribution in [2.24, 2.45) is 11.7 Å². The van der Waals surface area contributed by atoms with Crippen LogP contribution in [0.25, 0.3) is 0 Å². The predicted molar refractivity (Wildman–Crippen MR) is 80.6 cm³/mol. The van der Waals surface area contributed by atoms with E-state index in [4.69, 9.17) is 5.73 Å². The van der Waals surface area contributed by atoms with Gasteiger partial charge in [0.05, 0.1) is 0 Å². The van der Waals surface area contributed by atoms with Gasteiger partial charge in [0.25, 0.3) is 0 Å². The molecule has 0 spiro atoms. The molecule has 0 bridgehead atoms. The number of nitrogens with zero attached hydrogens (tertiary/aromatic N) is 1. The van der Waals surface area contributed by atoms with Gasteiger partial charge in [0.1, 0.15) is 0 Å². The summed E-state index contributed by atoms with van der Waals surface area (Å²) in [5.74, 6) is 0.668. The Bertz CT molecular complexity index is 377. The lowest BCUT2D eigenvalue weighted by atomic mass is 9.92. The minimum absolute atomic E-state index is 0.339. The van der Waals surface area contributed by atoms with Crippen molar-refractivity contribution >= 4 is 15.9 Å². The van der Waals surface area contributed by atoms with Crippen molar-refractivity contribution in [3.8, 4) is 0 Å². The first-order chi connectivity index (χ1) is 8.56. The van der Waals surface area contributed by atoms with Crippen molar-refractivity contribution in [2.75, 3.05) is 13.1 Å². The molecule has 0 radical (unpaired) electrons. The molecule has 1 aromatic rings. The molecule has 1 aliphatic rings. The Balaban J connectivity index is 1.91. The maximum absolute atomic E-state index is 6.17. The van der Waals surface area contributed by atoms with Gasteiger partial charge < -0.3 is 5.73 Å². The van der Waals surface area contributed by atoms with E-state index in [0.29, 0.717) is 18.0 Å². The number of piperidine rings is 1. The van der Waals surface area contributed by atoms with Crippen molar-refractivity contribution in [2.45, 2.75) is 38.8 Å². The lowest BCUT2D eigenvalue weighted by molar-refractivity contribution is 0.128. The third-order valence-electron chi connectivity index (χ3n) is 4.12. The summed E-state index contributed by atoms with van der Waals surface area (Å²) in [7, 11) is 0. The summed E-state index contributed by atoms with van der Waals surface area (Å²) in [6.45, 7) is 6.80. The second-order valence-corrected chi connectivity index (χ2v) is 6.52. The summed E-state index contributed by atoms with van der Waals surface area (Å²) in [6.07, 6.45) is 2.33. The summed E-state index contributed by atoms with van der Waals surface area (Å²) in [6, 6.07) is 9.55. The van der Waals surface area contributed by atoms with E-state index in [2.05, 4.69) is 58.9 Å². The lowest BCUT2D eigenvalue weighted by Crippen LogP contribution is -2.51. The summed E-state index contributed by atoms with van der Waals surface area (Å²) >= 11 is 3.48. The molecule has 0 amide bonds. The number of hydrogen-bond acceptors (Lipinski definition) is 2. The van der Waals surface area contributed by atoms with Crippen LogP contribution in [0.2, 0.25) is 0 Å². The highest BCUT2D eigenvalue weighted by molar-refractivity contribution is 9.10. The van der Waals surface area contributed by atoms with Gasteiger partial charge in [0.2, 0.25) is 0 Å². The van der Waals surface area contributed by atoms with Gasteiger partial charge >= 0.3 is 0 Å². The molecule has 18 heavy (non-hydrogen) atoms. The Labute approximate surface area is 119 Å². The van der Waals surface area contributed by atoms with E-state index in [1.807, 2.05) is 0 Å². The molecule has 1 fully saturated rings. The molecular formula is C15H23BrN2. The summed E-state index contributed by atoms with van der Waals surface area (Å²) in [5.41, 5.74) is 7.57. The van der Waals surface area contributed by atoms with E-state index >= 15 is 0 Å². The average molecular weight is 311 g/mol. The van der Waals surface area contributed by atoms with Crippen LogP contribution in [0.5, 0.6) is 0 Å². The van der Waals surface area contributed by atoms with E-state index in [1.165, 1.54) is 18.5 Å². The highest BCUT2D eigenvalue weighted by Crippen LogP contribution is 2.20. The zero-order valence-electron chi connectivity index (χ0n) is 11.3. The Kier molecular flexibility index (Phi) is 4.82. The van der Waals surface area contributed by atoms with Crippen LogP contribution < -0.4 is 5.73 Å². The van der Waals surface area contributed by atoms with Gasteiger partial charge in [0, 0.05) is 23.1 Å². The molecule has 2 rings (SSSR count). The molecule has 1 saturated heterocycles. The first-order valence-electron chi connectivity index (χ1n) is 6.80. The Morgan fingerprint density at radius 3 is 2.67 bits per heavy atom. The molecule has 1 heterocycles. The molecule has 1 aliphatic heterocycles. The average Bonchev–Trinajstić information content (AvgIpc) is 2.35. The van der Waals surface area contributed by atoms with Gasteiger partial charge in [0.15, 0.2) is 0 Å². The molecule has 0 saturated carbocycles. The summed E-state index contributed by atoms with van der Waals surface area (Å²) < 4.78 is 1.15. The first kappa shape index (κ1) is 14.0. The number of likely N-dealkylation sites (tertiary alicyclic amines) is 1. The van der Waals surface area contributed by atoms with Gasteiger partial charge in [-0.1, -0.05) is 35.0 Å². The zero-order valence-corrected chi connectivity index (χ0v) is 12.9. The molecular weight excluding hydrogens is 288 g/mol. The van der Waals surface area contributed by atoms with E-state index in [-0.39, 0.29) is 0 Å². The standard InChI is InChI=1S/C15H23BrN2/c1-11-7-8-18(10-15(11)17)12(2)9-13-3-5-14(16)6-4-13/h3-6,11-12,15H,7-10,17H2,1-2H3. The smallest absolute Gasteiger partial charge is 0.0194 e. The fraction of sp³-hybridized carbons (Fsp3) is 0.600. The lowest BCUT2D eigenvalue weighted by Gasteiger charge is -2.38. The molecule has 0 aromatic heterocycles. The minimum Gasteiger partial charge on any atom is -0.326 e. The largest absolute Gasteiger partial charge is 0.326 e. The fourth-order valence-corrected chi connectivity index (χ4v) is 2.88. The molecule has 3 atom stereocenters. The summed E-state index contributed by atoms with van der Waals surface area (Å²) in [4.78, 5) is 2.53. The van der Waals surface area contributed by atoms with Crippen molar-refractivity contribution in [3.05, 3.63) is 34.3 Å². The van der Waals surface area contributed by atoms with Crippen molar-refractivity contribution in [1.29, 1.82) is 0 Å². The Hall–Kier alpha value is -0.380. The van der Waals surface area contributed by atoms with Crippen LogP contribution in [-0.2, 0) is 6.42 Å². The highest BCUT2D eigenvalue weighted by atomic mass is 79.9. The SMILES string of the molecule is CC1CCN(C(C)Cc2ccc(Br)cc2)CC1N. The highest BCUT2D eigenvalue weighted by Gasteiger charge is 2.25. The topological polar surface area (TPSA) is 29.3 Å². The van der Waals surface area contributed by atoms with Gasteiger partial charge in [-0.2, -0.15) is 0 Å². The summed E-state index contributed by atoms with van der Waals surface area (Å²) in [5, 5.41) is 0. The van der Waals surface area contributed by atoms with Gasteiger partial charge in [-0.05, 0) is 49.9 Å². The van der Waals surface area contributed by atoms with E-state index in [0.717, 1.165) is 17.4 Å². The number of benzene rings is 1. The van der Waals surface area contributed by atoms with Crippen LogP contribution in [0.1, 0.15) is 25.8 Å². The van der Waals surface area contributed by atoms with Crippen molar-refractivity contribution in [3.63, 3.8) is 0 Å². The van der Waals surface area contributed by atoms with Gasteiger partial charge in [-0.25, -0.2) is 0 Å².